The Bertz CT molecular complexity index is 907. The zero-order valence-corrected chi connectivity index (χ0v) is 18.4. The Morgan fingerprint density at radius 1 is 1.24 bits per heavy atom. The van der Waals surface area contributed by atoms with Gasteiger partial charge in [0.1, 0.15) is 5.15 Å². The first kappa shape index (κ1) is 23.0. The number of nitrogens with one attached hydrogen (secondary N) is 1. The van der Waals surface area contributed by atoms with E-state index < -0.39 is 12.1 Å². The maximum Gasteiger partial charge on any atom is 0.331 e. The van der Waals surface area contributed by atoms with Crippen molar-refractivity contribution in [1.29, 1.82) is 0 Å². The third-order valence-corrected chi connectivity index (χ3v) is 4.89. The summed E-state index contributed by atoms with van der Waals surface area (Å²) in [6, 6.07) is 7.44. The smallest absolute Gasteiger partial charge is 0.331 e. The molecule has 0 aliphatic carbocycles. The van der Waals surface area contributed by atoms with Crippen molar-refractivity contribution in [3.63, 3.8) is 0 Å². The molecule has 1 atom stereocenters. The Morgan fingerprint density at radius 3 is 2.59 bits per heavy atom. The van der Waals surface area contributed by atoms with Crippen molar-refractivity contribution < 1.29 is 14.3 Å². The van der Waals surface area contributed by atoms with Gasteiger partial charge in [-0.25, -0.2) is 9.48 Å². The fourth-order valence-corrected chi connectivity index (χ4v) is 3.01. The van der Waals surface area contributed by atoms with Gasteiger partial charge in [-0.1, -0.05) is 55.2 Å². The number of nitrogens with zero attached hydrogens (tertiary/aromatic N) is 2. The van der Waals surface area contributed by atoms with E-state index >= 15 is 0 Å². The van der Waals surface area contributed by atoms with Gasteiger partial charge in [0.05, 0.1) is 12.2 Å². The number of carbonyl (C=O) groups excluding carboxylic acids is 2. The summed E-state index contributed by atoms with van der Waals surface area (Å²) < 4.78 is 6.75. The summed E-state index contributed by atoms with van der Waals surface area (Å²) in [5.41, 5.74) is 2.15. The number of esters is 1. The van der Waals surface area contributed by atoms with Gasteiger partial charge >= 0.3 is 5.97 Å². The van der Waals surface area contributed by atoms with Crippen LogP contribution in [0, 0.1) is 12.8 Å². The molecule has 8 heteroatoms. The predicted molar refractivity (Wildman–Crippen MR) is 115 cm³/mol. The maximum absolute atomic E-state index is 12.1. The van der Waals surface area contributed by atoms with Gasteiger partial charge in [-0.3, -0.25) is 4.79 Å². The van der Waals surface area contributed by atoms with E-state index in [9.17, 15) is 9.59 Å². The summed E-state index contributed by atoms with van der Waals surface area (Å²) in [7, 11) is 0. The van der Waals surface area contributed by atoms with Crippen LogP contribution in [0.15, 0.2) is 30.3 Å². The van der Waals surface area contributed by atoms with Gasteiger partial charge in [-0.15, -0.1) is 0 Å². The molecule has 2 rings (SSSR count). The first-order valence-electron chi connectivity index (χ1n) is 9.31. The van der Waals surface area contributed by atoms with E-state index in [1.165, 1.54) is 19.1 Å². The standard InChI is InChI=1S/C21H25Cl2N3O3/c1-13(2)11-24-21(28)15(4)29-19(27)10-9-17-14(3)25-26(20(17)23)12-16-7-5-6-8-18(16)22/h5-10,13,15H,11-12H2,1-4H3,(H,24,28)/b10-9+. The van der Waals surface area contributed by atoms with Crippen molar-refractivity contribution >= 4 is 41.2 Å². The van der Waals surface area contributed by atoms with Crippen molar-refractivity contribution in [2.75, 3.05) is 6.54 Å². The zero-order valence-electron chi connectivity index (χ0n) is 16.9. The van der Waals surface area contributed by atoms with Crippen LogP contribution in [0.25, 0.3) is 6.08 Å². The fourth-order valence-electron chi connectivity index (χ4n) is 2.52. The minimum Gasteiger partial charge on any atom is -0.449 e. The number of aromatic nitrogens is 2. The van der Waals surface area contributed by atoms with E-state index in [2.05, 4.69) is 10.4 Å². The van der Waals surface area contributed by atoms with Gasteiger partial charge in [0.2, 0.25) is 0 Å². The normalized spacial score (nSPS) is 12.4. The van der Waals surface area contributed by atoms with E-state index in [-0.39, 0.29) is 5.91 Å². The van der Waals surface area contributed by atoms with E-state index in [1.54, 1.807) is 17.7 Å². The van der Waals surface area contributed by atoms with Crippen molar-refractivity contribution in [2.24, 2.45) is 5.92 Å². The Labute approximate surface area is 180 Å². The van der Waals surface area contributed by atoms with Crippen LogP contribution in [-0.2, 0) is 20.9 Å². The topological polar surface area (TPSA) is 73.2 Å². The van der Waals surface area contributed by atoms with Gasteiger partial charge < -0.3 is 10.1 Å². The first-order chi connectivity index (χ1) is 13.7. The van der Waals surface area contributed by atoms with Crippen LogP contribution < -0.4 is 5.32 Å². The highest BCUT2D eigenvalue weighted by atomic mass is 35.5. The zero-order chi connectivity index (χ0) is 21.6. The van der Waals surface area contributed by atoms with Crippen molar-refractivity contribution in [2.45, 2.75) is 40.3 Å². The molecule has 1 aromatic heterocycles. The minimum absolute atomic E-state index is 0.314. The van der Waals surface area contributed by atoms with Crippen LogP contribution in [0.2, 0.25) is 10.2 Å². The molecule has 0 spiro atoms. The lowest BCUT2D eigenvalue weighted by atomic mass is 10.2. The van der Waals surface area contributed by atoms with Gasteiger partial charge in [-0.2, -0.15) is 5.10 Å². The largest absolute Gasteiger partial charge is 0.449 e. The van der Waals surface area contributed by atoms with E-state index in [4.69, 9.17) is 27.9 Å². The van der Waals surface area contributed by atoms with Crippen LogP contribution in [0.3, 0.4) is 0 Å². The quantitative estimate of drug-likeness (QED) is 0.494. The summed E-state index contributed by atoms with van der Waals surface area (Å²) in [5.74, 6) is -0.650. The van der Waals surface area contributed by atoms with Crippen LogP contribution in [0.4, 0.5) is 0 Å². The molecule has 0 aliphatic heterocycles. The molecule has 0 bridgehead atoms. The molecule has 0 saturated heterocycles. The minimum atomic E-state index is -0.884. The molecule has 0 fully saturated rings. The molecule has 0 aliphatic rings. The third-order valence-electron chi connectivity index (χ3n) is 4.12. The van der Waals surface area contributed by atoms with Crippen molar-refractivity contribution in [1.82, 2.24) is 15.1 Å². The molecular weight excluding hydrogens is 413 g/mol. The number of halogens is 2. The highest BCUT2D eigenvalue weighted by Gasteiger charge is 2.17. The number of carbonyl (C=O) groups is 2. The number of aryl methyl sites for hydroxylation is 1. The number of hydrogen-bond acceptors (Lipinski definition) is 4. The van der Waals surface area contributed by atoms with Gasteiger partial charge in [0, 0.05) is 23.2 Å². The van der Waals surface area contributed by atoms with Gasteiger partial charge in [-0.05, 0) is 37.5 Å². The van der Waals surface area contributed by atoms with E-state index in [1.807, 2.05) is 32.0 Å². The molecule has 1 aromatic carbocycles. The lowest BCUT2D eigenvalue weighted by Crippen LogP contribution is -2.37. The monoisotopic (exact) mass is 437 g/mol. The van der Waals surface area contributed by atoms with Gasteiger partial charge in [0.15, 0.2) is 6.10 Å². The van der Waals surface area contributed by atoms with Crippen molar-refractivity contribution in [3.8, 4) is 0 Å². The summed E-state index contributed by atoms with van der Waals surface area (Å²) in [6.07, 6.45) is 1.89. The molecule has 0 radical (unpaired) electrons. The number of amides is 1. The molecule has 1 unspecified atom stereocenters. The Kier molecular flexibility index (Phi) is 8.29. The Balaban J connectivity index is 2.03. The number of rotatable bonds is 8. The predicted octanol–water partition coefficient (Wildman–Crippen LogP) is 4.26. The average molecular weight is 438 g/mol. The van der Waals surface area contributed by atoms with Crippen molar-refractivity contribution in [3.05, 3.63) is 57.3 Å². The lowest BCUT2D eigenvalue weighted by molar-refractivity contribution is -0.150. The van der Waals surface area contributed by atoms with Crippen LogP contribution in [-0.4, -0.2) is 34.3 Å². The molecule has 156 valence electrons. The molecule has 1 heterocycles. The SMILES string of the molecule is Cc1nn(Cc2ccccc2Cl)c(Cl)c1/C=C/C(=O)OC(C)C(=O)NCC(C)C. The Morgan fingerprint density at radius 2 is 1.93 bits per heavy atom. The fraction of sp³-hybridized carbons (Fsp3) is 0.381. The van der Waals surface area contributed by atoms with Crippen LogP contribution >= 0.6 is 23.2 Å². The number of benzene rings is 1. The molecule has 1 N–H and O–H groups in total. The Hall–Kier alpha value is -2.31. The summed E-state index contributed by atoms with van der Waals surface area (Å²) in [6.45, 7) is 8.22. The second-order valence-corrected chi connectivity index (χ2v) is 7.86. The van der Waals surface area contributed by atoms with E-state index in [0.717, 1.165) is 5.56 Å². The number of hydrogen-bond donors (Lipinski definition) is 1. The van der Waals surface area contributed by atoms with E-state index in [0.29, 0.717) is 40.4 Å². The highest BCUT2D eigenvalue weighted by molar-refractivity contribution is 6.32. The van der Waals surface area contributed by atoms with Crippen LogP contribution in [0.5, 0.6) is 0 Å². The summed E-state index contributed by atoms with van der Waals surface area (Å²) >= 11 is 12.6. The molecule has 6 nitrogen and oxygen atoms in total. The maximum atomic E-state index is 12.1. The molecular formula is C21H25Cl2N3O3. The summed E-state index contributed by atoms with van der Waals surface area (Å²) in [4.78, 5) is 24.0. The number of ether oxygens (including phenoxy) is 1. The molecule has 0 saturated carbocycles. The molecule has 1 amide bonds. The lowest BCUT2D eigenvalue weighted by Gasteiger charge is -2.13. The highest BCUT2D eigenvalue weighted by Crippen LogP contribution is 2.24. The third kappa shape index (κ3) is 6.61. The first-order valence-corrected chi connectivity index (χ1v) is 10.1. The second kappa shape index (κ2) is 10.5. The summed E-state index contributed by atoms with van der Waals surface area (Å²) in [5, 5.41) is 8.15. The molecule has 2 aromatic rings. The average Bonchev–Trinajstić information content (AvgIpc) is 2.92. The van der Waals surface area contributed by atoms with Crippen LogP contribution in [0.1, 0.15) is 37.6 Å². The van der Waals surface area contributed by atoms with Gasteiger partial charge in [0.25, 0.3) is 5.91 Å². The molecule has 29 heavy (non-hydrogen) atoms. The second-order valence-electron chi connectivity index (χ2n) is 7.09.